The first kappa shape index (κ1) is 22.1. The number of hydrogen-bond acceptors (Lipinski definition) is 5. The van der Waals surface area contributed by atoms with E-state index in [-0.39, 0.29) is 6.04 Å². The molecule has 0 aliphatic carbocycles. The average Bonchev–Trinajstić information content (AvgIpc) is 3.54. The average molecular weight is 471 g/mol. The Hall–Kier alpha value is -3.71. The van der Waals surface area contributed by atoms with Crippen molar-refractivity contribution in [1.29, 1.82) is 0 Å². The number of nitrogens with zero attached hydrogens (tertiary/aromatic N) is 3. The molecule has 0 amide bonds. The first-order valence-corrected chi connectivity index (χ1v) is 11.8. The van der Waals surface area contributed by atoms with Gasteiger partial charge >= 0.3 is 0 Å². The van der Waals surface area contributed by atoms with E-state index in [0.29, 0.717) is 23.4 Å². The molecule has 1 aliphatic heterocycles. The molecule has 0 spiro atoms. The van der Waals surface area contributed by atoms with Crippen LogP contribution < -0.4 is 5.32 Å². The Kier molecular flexibility index (Phi) is 6.02. The summed E-state index contributed by atoms with van der Waals surface area (Å²) in [6, 6.07) is 20.2. The number of rotatable bonds is 6. The first-order valence-electron chi connectivity index (χ1n) is 11.3. The second-order valence-electron chi connectivity index (χ2n) is 8.43. The van der Waals surface area contributed by atoms with Gasteiger partial charge in [-0.15, -0.1) is 0 Å². The molecule has 0 bridgehead atoms. The summed E-state index contributed by atoms with van der Waals surface area (Å²) in [5.74, 6) is 1.85. The number of aromatic nitrogens is 2. The van der Waals surface area contributed by atoms with Crippen molar-refractivity contribution in [1.82, 2.24) is 20.4 Å². The van der Waals surface area contributed by atoms with Crippen molar-refractivity contribution in [3.8, 4) is 11.4 Å². The van der Waals surface area contributed by atoms with Crippen LogP contribution in [0.1, 0.15) is 48.2 Å². The molecule has 0 saturated carbocycles. The zero-order valence-electron chi connectivity index (χ0n) is 19.4. The molecular formula is C27H26N4O2S. The van der Waals surface area contributed by atoms with Crippen LogP contribution in [0.3, 0.4) is 0 Å². The normalized spacial score (nSPS) is 16.1. The lowest BCUT2D eigenvalue weighted by atomic mass is 9.94. The third kappa shape index (κ3) is 4.26. The highest BCUT2D eigenvalue weighted by Crippen LogP contribution is 2.38. The molecule has 6 nitrogen and oxygen atoms in total. The summed E-state index contributed by atoms with van der Waals surface area (Å²) < 4.78 is 11.4. The number of furan rings is 1. The Labute approximate surface area is 204 Å². The van der Waals surface area contributed by atoms with Crippen LogP contribution in [0.15, 0.2) is 81.6 Å². The lowest BCUT2D eigenvalue weighted by Gasteiger charge is -2.37. The van der Waals surface area contributed by atoms with Crippen LogP contribution in [0.2, 0.25) is 0 Å². The van der Waals surface area contributed by atoms with Crippen LogP contribution in [0.5, 0.6) is 0 Å². The monoisotopic (exact) mass is 470 g/mol. The van der Waals surface area contributed by atoms with Crippen LogP contribution in [0, 0.1) is 6.92 Å². The van der Waals surface area contributed by atoms with Gasteiger partial charge in [-0.1, -0.05) is 66.2 Å². The van der Waals surface area contributed by atoms with Gasteiger partial charge in [-0.25, -0.2) is 0 Å². The van der Waals surface area contributed by atoms with Crippen LogP contribution in [-0.2, 0) is 13.0 Å². The van der Waals surface area contributed by atoms with Gasteiger partial charge in [0.05, 0.1) is 24.4 Å². The summed E-state index contributed by atoms with van der Waals surface area (Å²) in [6.45, 7) is 6.75. The summed E-state index contributed by atoms with van der Waals surface area (Å²) >= 11 is 5.76. The molecule has 7 heteroatoms. The van der Waals surface area contributed by atoms with E-state index >= 15 is 0 Å². The molecule has 0 radical (unpaired) electrons. The number of aryl methyl sites for hydroxylation is 2. The molecule has 34 heavy (non-hydrogen) atoms. The fraction of sp³-hybridized carbons (Fsp3) is 0.222. The van der Waals surface area contributed by atoms with Crippen molar-refractivity contribution in [2.24, 2.45) is 0 Å². The van der Waals surface area contributed by atoms with Crippen molar-refractivity contribution < 1.29 is 8.94 Å². The van der Waals surface area contributed by atoms with Gasteiger partial charge in [0.25, 0.3) is 5.89 Å². The van der Waals surface area contributed by atoms with E-state index in [0.717, 1.165) is 34.6 Å². The van der Waals surface area contributed by atoms with Crippen molar-refractivity contribution in [2.75, 3.05) is 0 Å². The van der Waals surface area contributed by atoms with Crippen LogP contribution in [-0.4, -0.2) is 20.2 Å². The predicted molar refractivity (Wildman–Crippen MR) is 136 cm³/mol. The highest BCUT2D eigenvalue weighted by Gasteiger charge is 2.34. The Morgan fingerprint density at radius 1 is 1.03 bits per heavy atom. The highest BCUT2D eigenvalue weighted by molar-refractivity contribution is 7.80. The van der Waals surface area contributed by atoms with E-state index in [1.54, 1.807) is 6.26 Å². The van der Waals surface area contributed by atoms with Crippen LogP contribution in [0.4, 0.5) is 0 Å². The lowest BCUT2D eigenvalue weighted by molar-refractivity contribution is 0.382. The standard InChI is InChI=1S/C27H26N4O2S/c1-4-19-9-13-21(14-10-19)25-29-26(33-30-25)23-18(3)31(16-22-6-5-15-32-22)27(34)28-24(23)20-11-7-17(2)8-12-20/h5-15,24H,4,16H2,1-3H3,(H,28,34). The molecule has 2 aromatic heterocycles. The van der Waals surface area contributed by atoms with E-state index in [9.17, 15) is 0 Å². The number of thiocarbonyl (C=S) groups is 1. The zero-order valence-corrected chi connectivity index (χ0v) is 20.2. The summed E-state index contributed by atoms with van der Waals surface area (Å²) in [6.07, 6.45) is 2.65. The minimum absolute atomic E-state index is 0.211. The highest BCUT2D eigenvalue weighted by atomic mass is 32.1. The Morgan fingerprint density at radius 3 is 2.47 bits per heavy atom. The number of nitrogens with one attached hydrogen (secondary N) is 1. The molecule has 0 saturated heterocycles. The summed E-state index contributed by atoms with van der Waals surface area (Å²) in [7, 11) is 0. The van der Waals surface area contributed by atoms with Gasteiger partial charge in [-0.3, -0.25) is 0 Å². The molecule has 4 aromatic rings. The lowest BCUT2D eigenvalue weighted by Crippen LogP contribution is -2.45. The largest absolute Gasteiger partial charge is 0.467 e. The molecule has 0 fully saturated rings. The maximum atomic E-state index is 5.83. The topological polar surface area (TPSA) is 67.3 Å². The Bertz CT molecular complexity index is 1320. The Morgan fingerprint density at radius 2 is 1.79 bits per heavy atom. The van der Waals surface area contributed by atoms with Crippen molar-refractivity contribution >= 4 is 22.9 Å². The van der Waals surface area contributed by atoms with Crippen molar-refractivity contribution in [2.45, 2.75) is 39.8 Å². The molecular weight excluding hydrogens is 444 g/mol. The van der Waals surface area contributed by atoms with E-state index < -0.39 is 0 Å². The fourth-order valence-electron chi connectivity index (χ4n) is 4.16. The molecule has 2 aromatic carbocycles. The van der Waals surface area contributed by atoms with E-state index in [1.165, 1.54) is 11.1 Å². The zero-order chi connectivity index (χ0) is 23.7. The van der Waals surface area contributed by atoms with Gasteiger partial charge in [-0.2, -0.15) is 4.98 Å². The van der Waals surface area contributed by atoms with Crippen LogP contribution >= 0.6 is 12.2 Å². The molecule has 1 N–H and O–H groups in total. The molecule has 5 rings (SSSR count). The van der Waals surface area contributed by atoms with E-state index in [1.807, 2.05) is 36.1 Å². The third-order valence-electron chi connectivity index (χ3n) is 6.18. The summed E-state index contributed by atoms with van der Waals surface area (Å²) in [4.78, 5) is 6.80. The van der Waals surface area contributed by atoms with Gasteiger partial charge < -0.3 is 19.2 Å². The van der Waals surface area contributed by atoms with Crippen molar-refractivity contribution in [3.63, 3.8) is 0 Å². The smallest absolute Gasteiger partial charge is 0.258 e. The molecule has 1 unspecified atom stereocenters. The maximum Gasteiger partial charge on any atom is 0.258 e. The van der Waals surface area contributed by atoms with E-state index in [4.69, 9.17) is 26.1 Å². The molecule has 1 aliphatic rings. The summed E-state index contributed by atoms with van der Waals surface area (Å²) in [5.41, 5.74) is 6.30. The second kappa shape index (κ2) is 9.27. The molecule has 3 heterocycles. The SMILES string of the molecule is CCc1ccc(-c2noc(C3=C(C)N(Cc4ccco4)C(=S)NC3c3ccc(C)cc3)n2)cc1. The third-order valence-corrected chi connectivity index (χ3v) is 6.52. The maximum absolute atomic E-state index is 5.83. The predicted octanol–water partition coefficient (Wildman–Crippen LogP) is 6.06. The second-order valence-corrected chi connectivity index (χ2v) is 8.82. The fourth-order valence-corrected chi connectivity index (χ4v) is 4.48. The first-order chi connectivity index (χ1) is 16.5. The van der Waals surface area contributed by atoms with Crippen LogP contribution in [0.25, 0.3) is 17.0 Å². The van der Waals surface area contributed by atoms with Gasteiger partial charge in [0.15, 0.2) is 5.11 Å². The van der Waals surface area contributed by atoms with Gasteiger partial charge in [0.2, 0.25) is 5.82 Å². The van der Waals surface area contributed by atoms with Gasteiger partial charge in [0, 0.05) is 11.3 Å². The molecule has 172 valence electrons. The number of benzene rings is 2. The van der Waals surface area contributed by atoms with Gasteiger partial charge in [-0.05, 0) is 55.7 Å². The summed E-state index contributed by atoms with van der Waals surface area (Å²) in [5, 5.41) is 8.41. The van der Waals surface area contributed by atoms with Gasteiger partial charge in [0.1, 0.15) is 5.76 Å². The quantitative estimate of drug-likeness (QED) is 0.343. The Balaban J connectivity index is 1.58. The minimum atomic E-state index is -0.211. The number of allylic oxidation sites excluding steroid dienone is 1. The van der Waals surface area contributed by atoms with E-state index in [2.05, 4.69) is 60.7 Å². The molecule has 1 atom stereocenters. The minimum Gasteiger partial charge on any atom is -0.467 e. The van der Waals surface area contributed by atoms with Crippen molar-refractivity contribution in [3.05, 3.63) is 101 Å². The number of hydrogen-bond donors (Lipinski definition) is 1.